The molecule has 0 N–H and O–H groups in total. The Morgan fingerprint density at radius 3 is 2.35 bits per heavy atom. The Morgan fingerprint density at radius 1 is 1.10 bits per heavy atom. The second kappa shape index (κ2) is 5.85. The first-order valence-corrected chi connectivity index (χ1v) is 8.10. The number of hydrogen-bond donors (Lipinski definition) is 0. The number of carbonyl (C=O) groups excluding carboxylic acids is 1. The van der Waals surface area contributed by atoms with Gasteiger partial charge in [0.2, 0.25) is 0 Å². The maximum atomic E-state index is 12.8. The van der Waals surface area contributed by atoms with Crippen molar-refractivity contribution in [2.75, 3.05) is 5.75 Å². The maximum Gasteiger partial charge on any atom is 0.185 e. The van der Waals surface area contributed by atoms with Crippen LogP contribution >= 0.6 is 15.9 Å². The Morgan fingerprint density at radius 2 is 1.75 bits per heavy atom. The first kappa shape index (κ1) is 14.9. The van der Waals surface area contributed by atoms with Crippen molar-refractivity contribution in [1.82, 2.24) is 0 Å². The molecule has 0 fully saturated rings. The Labute approximate surface area is 124 Å². The Kier molecular flexibility index (Phi) is 4.35. The molecule has 0 amide bonds. The van der Waals surface area contributed by atoms with Gasteiger partial charge in [0.1, 0.15) is 11.6 Å². The predicted molar refractivity (Wildman–Crippen MR) is 76.9 cm³/mol. The largest absolute Gasteiger partial charge is 0.293 e. The lowest BCUT2D eigenvalue weighted by molar-refractivity contribution is 0.102. The monoisotopic (exact) mass is 356 g/mol. The van der Waals surface area contributed by atoms with Gasteiger partial charge in [-0.1, -0.05) is 22.0 Å². The number of ketones is 1. The summed E-state index contributed by atoms with van der Waals surface area (Å²) in [6.07, 6.45) is 0. The minimum atomic E-state index is -3.71. The van der Waals surface area contributed by atoms with Crippen LogP contribution in [0.5, 0.6) is 0 Å². The normalized spacial score (nSPS) is 11.3. The molecule has 20 heavy (non-hydrogen) atoms. The molecule has 0 aliphatic heterocycles. The lowest BCUT2D eigenvalue weighted by Gasteiger charge is -2.04. The van der Waals surface area contributed by atoms with E-state index in [0.29, 0.717) is 4.47 Å². The molecular weight excluding hydrogens is 347 g/mol. The summed E-state index contributed by atoms with van der Waals surface area (Å²) in [5.74, 6) is -1.68. The highest BCUT2D eigenvalue weighted by molar-refractivity contribution is 9.10. The van der Waals surface area contributed by atoms with Gasteiger partial charge in [0.25, 0.3) is 0 Å². The highest BCUT2D eigenvalue weighted by Crippen LogP contribution is 2.18. The van der Waals surface area contributed by atoms with Crippen LogP contribution in [0.25, 0.3) is 0 Å². The van der Waals surface area contributed by atoms with Crippen molar-refractivity contribution in [1.29, 1.82) is 0 Å². The summed E-state index contributed by atoms with van der Waals surface area (Å²) in [7, 11) is -3.71. The van der Waals surface area contributed by atoms with Gasteiger partial charge in [0.15, 0.2) is 15.6 Å². The molecule has 0 unspecified atom stereocenters. The summed E-state index contributed by atoms with van der Waals surface area (Å²) >= 11 is 3.18. The number of halogens is 2. The number of benzene rings is 2. The standard InChI is InChI=1S/C14H10BrFO3S/c15-11-2-1-3-13(8-11)20(18,19)9-14(17)10-4-6-12(16)7-5-10/h1-8H,9H2. The SMILES string of the molecule is O=C(CS(=O)(=O)c1cccc(Br)c1)c1ccc(F)cc1. The van der Waals surface area contributed by atoms with E-state index in [9.17, 15) is 17.6 Å². The molecular formula is C14H10BrFO3S. The highest BCUT2D eigenvalue weighted by atomic mass is 79.9. The van der Waals surface area contributed by atoms with Gasteiger partial charge in [-0.2, -0.15) is 0 Å². The summed E-state index contributed by atoms with van der Waals surface area (Å²) in [5.41, 5.74) is 0.171. The molecule has 0 bridgehead atoms. The number of sulfone groups is 1. The van der Waals surface area contributed by atoms with Crippen LogP contribution in [-0.2, 0) is 9.84 Å². The average Bonchev–Trinajstić information content (AvgIpc) is 2.39. The Bertz CT molecular complexity index is 739. The van der Waals surface area contributed by atoms with E-state index >= 15 is 0 Å². The minimum absolute atomic E-state index is 0.0716. The van der Waals surface area contributed by atoms with Crippen molar-refractivity contribution in [2.45, 2.75) is 4.90 Å². The first-order valence-electron chi connectivity index (χ1n) is 5.65. The second-order valence-electron chi connectivity index (χ2n) is 4.15. The van der Waals surface area contributed by atoms with E-state index in [2.05, 4.69) is 15.9 Å². The maximum absolute atomic E-state index is 12.8. The minimum Gasteiger partial charge on any atom is -0.293 e. The molecule has 2 aromatic carbocycles. The third-order valence-corrected chi connectivity index (χ3v) is 4.75. The summed E-state index contributed by atoms with van der Waals surface area (Å²) in [6, 6.07) is 10.9. The van der Waals surface area contributed by atoms with Crippen molar-refractivity contribution in [3.05, 3.63) is 64.4 Å². The van der Waals surface area contributed by atoms with E-state index in [1.54, 1.807) is 12.1 Å². The Balaban J connectivity index is 2.24. The van der Waals surface area contributed by atoms with Crippen LogP contribution in [0.1, 0.15) is 10.4 Å². The molecule has 2 aromatic rings. The zero-order chi connectivity index (χ0) is 14.8. The fourth-order valence-corrected chi connectivity index (χ4v) is 3.46. The Hall–Kier alpha value is -1.53. The lowest BCUT2D eigenvalue weighted by Crippen LogP contribution is -2.16. The van der Waals surface area contributed by atoms with E-state index in [1.165, 1.54) is 24.3 Å². The predicted octanol–water partition coefficient (Wildman–Crippen LogP) is 3.24. The first-order chi connectivity index (χ1) is 9.38. The third-order valence-electron chi connectivity index (χ3n) is 2.64. The molecule has 0 aliphatic carbocycles. The summed E-state index contributed by atoms with van der Waals surface area (Å²) in [4.78, 5) is 12.0. The molecule has 0 spiro atoms. The van der Waals surface area contributed by atoms with E-state index < -0.39 is 27.2 Å². The van der Waals surface area contributed by atoms with Crippen LogP contribution in [0.2, 0.25) is 0 Å². The number of hydrogen-bond acceptors (Lipinski definition) is 3. The fraction of sp³-hybridized carbons (Fsp3) is 0.0714. The van der Waals surface area contributed by atoms with Crippen molar-refractivity contribution in [2.24, 2.45) is 0 Å². The zero-order valence-electron chi connectivity index (χ0n) is 10.2. The van der Waals surface area contributed by atoms with Gasteiger partial charge in [0, 0.05) is 10.0 Å². The highest BCUT2D eigenvalue weighted by Gasteiger charge is 2.20. The number of Topliss-reactive ketones (excluding diaryl/α,β-unsaturated/α-hetero) is 1. The van der Waals surface area contributed by atoms with Gasteiger partial charge in [0.05, 0.1) is 4.90 Å². The van der Waals surface area contributed by atoms with Crippen LogP contribution in [0.15, 0.2) is 57.9 Å². The lowest BCUT2D eigenvalue weighted by atomic mass is 10.1. The van der Waals surface area contributed by atoms with E-state index in [0.717, 1.165) is 12.1 Å². The van der Waals surface area contributed by atoms with Crippen molar-refractivity contribution >= 4 is 31.6 Å². The summed E-state index contributed by atoms with van der Waals surface area (Å²) in [6.45, 7) is 0. The number of rotatable bonds is 4. The van der Waals surface area contributed by atoms with Crippen molar-refractivity contribution in [3.63, 3.8) is 0 Å². The smallest absolute Gasteiger partial charge is 0.185 e. The van der Waals surface area contributed by atoms with Gasteiger partial charge in [-0.25, -0.2) is 12.8 Å². The summed E-state index contributed by atoms with van der Waals surface area (Å²) in [5, 5.41) is 0. The van der Waals surface area contributed by atoms with E-state index in [1.807, 2.05) is 0 Å². The zero-order valence-corrected chi connectivity index (χ0v) is 12.6. The quantitative estimate of drug-likeness (QED) is 0.790. The van der Waals surface area contributed by atoms with Crippen molar-refractivity contribution < 1.29 is 17.6 Å². The fourth-order valence-electron chi connectivity index (χ4n) is 1.64. The molecule has 0 saturated carbocycles. The van der Waals surface area contributed by atoms with Crippen LogP contribution in [0.3, 0.4) is 0 Å². The molecule has 3 nitrogen and oxygen atoms in total. The topological polar surface area (TPSA) is 51.2 Å². The molecule has 104 valence electrons. The molecule has 0 saturated heterocycles. The molecule has 6 heteroatoms. The van der Waals surface area contributed by atoms with Crippen LogP contribution in [0, 0.1) is 5.82 Å². The molecule has 0 aliphatic rings. The van der Waals surface area contributed by atoms with E-state index in [-0.39, 0.29) is 10.5 Å². The molecule has 2 rings (SSSR count). The van der Waals surface area contributed by atoms with Gasteiger partial charge in [-0.15, -0.1) is 0 Å². The number of carbonyl (C=O) groups is 1. The molecule has 0 heterocycles. The van der Waals surface area contributed by atoms with Gasteiger partial charge < -0.3 is 0 Å². The van der Waals surface area contributed by atoms with Gasteiger partial charge >= 0.3 is 0 Å². The average molecular weight is 357 g/mol. The van der Waals surface area contributed by atoms with Crippen molar-refractivity contribution in [3.8, 4) is 0 Å². The molecule has 0 atom stereocenters. The van der Waals surface area contributed by atoms with Crippen LogP contribution < -0.4 is 0 Å². The van der Waals surface area contributed by atoms with Gasteiger partial charge in [-0.05, 0) is 42.5 Å². The second-order valence-corrected chi connectivity index (χ2v) is 7.05. The van der Waals surface area contributed by atoms with Crippen LogP contribution in [0.4, 0.5) is 4.39 Å². The summed E-state index contributed by atoms with van der Waals surface area (Å²) < 4.78 is 37.6. The molecule has 0 aromatic heterocycles. The molecule has 0 radical (unpaired) electrons. The van der Waals surface area contributed by atoms with Gasteiger partial charge in [-0.3, -0.25) is 4.79 Å². The van der Waals surface area contributed by atoms with E-state index in [4.69, 9.17) is 0 Å². The third kappa shape index (κ3) is 3.52. The van der Waals surface area contributed by atoms with Crippen LogP contribution in [-0.4, -0.2) is 20.0 Å².